The molecule has 3 aromatic rings. The Balaban J connectivity index is 1.36. The van der Waals surface area contributed by atoms with E-state index in [1.807, 2.05) is 24.3 Å². The van der Waals surface area contributed by atoms with Gasteiger partial charge in [0.2, 0.25) is 11.8 Å². The highest BCUT2D eigenvalue weighted by Crippen LogP contribution is 2.48. The number of hydrogen-bond donors (Lipinski definition) is 1. The molecule has 0 aliphatic heterocycles. The lowest BCUT2D eigenvalue weighted by atomic mass is 9.92. The minimum Gasteiger partial charge on any atom is -0.444 e. The van der Waals surface area contributed by atoms with E-state index < -0.39 is 0 Å². The van der Waals surface area contributed by atoms with Crippen LogP contribution in [-0.4, -0.2) is 17.4 Å². The van der Waals surface area contributed by atoms with Gasteiger partial charge in [-0.25, -0.2) is 4.98 Å². The number of aromatic nitrogens is 1. The van der Waals surface area contributed by atoms with Crippen molar-refractivity contribution >= 4 is 5.91 Å². The molecule has 0 spiro atoms. The molecule has 0 unspecified atom stereocenters. The molecule has 4 nitrogen and oxygen atoms in total. The number of nitrogens with one attached hydrogen (secondary N) is 1. The highest BCUT2D eigenvalue weighted by Gasteiger charge is 2.51. The quantitative estimate of drug-likeness (QED) is 0.683. The molecule has 1 N–H and O–H groups in total. The largest absolute Gasteiger partial charge is 0.444 e. The van der Waals surface area contributed by atoms with Crippen molar-refractivity contribution in [2.45, 2.75) is 45.4 Å². The average molecular weight is 374 g/mol. The molecule has 4 heteroatoms. The molecule has 0 saturated heterocycles. The van der Waals surface area contributed by atoms with Gasteiger partial charge >= 0.3 is 0 Å². The van der Waals surface area contributed by atoms with Crippen LogP contribution < -0.4 is 5.32 Å². The monoisotopic (exact) mass is 374 g/mol. The Morgan fingerprint density at radius 1 is 1.04 bits per heavy atom. The number of amides is 1. The van der Waals surface area contributed by atoms with Gasteiger partial charge in [0.1, 0.15) is 6.26 Å². The molecule has 0 atom stereocenters. The first-order valence-corrected chi connectivity index (χ1v) is 9.85. The zero-order valence-electron chi connectivity index (χ0n) is 16.7. The van der Waals surface area contributed by atoms with Crippen molar-refractivity contribution in [1.29, 1.82) is 0 Å². The van der Waals surface area contributed by atoms with Gasteiger partial charge in [0.15, 0.2) is 0 Å². The zero-order valence-corrected chi connectivity index (χ0v) is 16.7. The molecule has 1 amide bonds. The van der Waals surface area contributed by atoms with Crippen molar-refractivity contribution in [2.75, 3.05) is 6.54 Å². The number of carbonyl (C=O) groups excluding carboxylic acids is 1. The van der Waals surface area contributed by atoms with Crippen molar-refractivity contribution in [3.05, 3.63) is 76.7 Å². The van der Waals surface area contributed by atoms with E-state index in [1.165, 1.54) is 16.7 Å². The fourth-order valence-electron chi connectivity index (χ4n) is 3.75. The van der Waals surface area contributed by atoms with Crippen molar-refractivity contribution < 1.29 is 9.21 Å². The van der Waals surface area contributed by atoms with E-state index in [1.54, 1.807) is 6.26 Å². The first-order valence-electron chi connectivity index (χ1n) is 9.85. The highest BCUT2D eigenvalue weighted by atomic mass is 16.3. The number of carbonyl (C=O) groups is 1. The Hall–Kier alpha value is -2.88. The summed E-state index contributed by atoms with van der Waals surface area (Å²) in [6, 6.07) is 14.5. The summed E-state index contributed by atoms with van der Waals surface area (Å²) in [4.78, 5) is 17.4. The van der Waals surface area contributed by atoms with Gasteiger partial charge < -0.3 is 9.73 Å². The van der Waals surface area contributed by atoms with Crippen LogP contribution in [0.5, 0.6) is 0 Å². The minimum atomic E-state index is -0.340. The summed E-state index contributed by atoms with van der Waals surface area (Å²) in [6.07, 6.45) is 4.18. The molecule has 1 fully saturated rings. The van der Waals surface area contributed by atoms with E-state index in [-0.39, 0.29) is 11.3 Å². The average Bonchev–Trinajstić information content (AvgIpc) is 3.35. The van der Waals surface area contributed by atoms with Crippen molar-refractivity contribution in [3.8, 4) is 11.5 Å². The van der Waals surface area contributed by atoms with Crippen LogP contribution >= 0.6 is 0 Å². The molecule has 2 aromatic carbocycles. The van der Waals surface area contributed by atoms with Gasteiger partial charge in [0.05, 0.1) is 11.1 Å². The van der Waals surface area contributed by atoms with Gasteiger partial charge in [-0.3, -0.25) is 4.79 Å². The van der Waals surface area contributed by atoms with Gasteiger partial charge in [-0.1, -0.05) is 47.0 Å². The minimum absolute atomic E-state index is 0.125. The van der Waals surface area contributed by atoms with E-state index in [2.05, 4.69) is 49.3 Å². The number of oxazole rings is 1. The maximum absolute atomic E-state index is 12.8. The number of rotatable bonds is 6. The predicted molar refractivity (Wildman–Crippen MR) is 110 cm³/mol. The fraction of sp³-hybridized carbons (Fsp3) is 0.333. The van der Waals surface area contributed by atoms with Crippen LogP contribution in [0.15, 0.2) is 53.1 Å². The maximum Gasteiger partial charge on any atom is 0.230 e. The normalized spacial score (nSPS) is 14.7. The number of nitrogens with zero attached hydrogens (tertiary/aromatic N) is 1. The number of benzene rings is 2. The molecule has 28 heavy (non-hydrogen) atoms. The molecule has 1 saturated carbocycles. The van der Waals surface area contributed by atoms with Crippen LogP contribution in [0.4, 0.5) is 0 Å². The summed E-state index contributed by atoms with van der Waals surface area (Å²) in [7, 11) is 0. The van der Waals surface area contributed by atoms with Gasteiger partial charge in [0, 0.05) is 18.5 Å². The highest BCUT2D eigenvalue weighted by molar-refractivity contribution is 5.91. The van der Waals surface area contributed by atoms with E-state index in [4.69, 9.17) is 4.42 Å². The Bertz CT molecular complexity index is 977. The van der Waals surface area contributed by atoms with Gasteiger partial charge in [-0.2, -0.15) is 0 Å². The Labute approximate surface area is 166 Å². The van der Waals surface area contributed by atoms with Crippen LogP contribution in [0.25, 0.3) is 11.5 Å². The van der Waals surface area contributed by atoms with Crippen molar-refractivity contribution in [1.82, 2.24) is 10.3 Å². The van der Waals surface area contributed by atoms with Crippen LogP contribution in [0, 0.1) is 20.8 Å². The van der Waals surface area contributed by atoms with E-state index >= 15 is 0 Å². The van der Waals surface area contributed by atoms with Crippen LogP contribution in [0.1, 0.15) is 40.8 Å². The van der Waals surface area contributed by atoms with Gasteiger partial charge in [-0.15, -0.1) is 0 Å². The Morgan fingerprint density at radius 3 is 2.36 bits per heavy atom. The third kappa shape index (κ3) is 3.72. The third-order valence-electron chi connectivity index (χ3n) is 5.48. The number of aryl methyl sites for hydroxylation is 3. The Morgan fingerprint density at radius 2 is 1.71 bits per heavy atom. The standard InChI is InChI=1S/C24H26N2O2/c1-16-4-6-19(7-5-16)22-26-21(15-28-22)8-11-25-23(27)24(9-10-24)20-13-17(2)12-18(3)14-20/h4-7,12-15H,8-11H2,1-3H3,(H,25,27). The summed E-state index contributed by atoms with van der Waals surface area (Å²) < 4.78 is 5.60. The summed E-state index contributed by atoms with van der Waals surface area (Å²) in [5.41, 5.74) is 6.25. The molecule has 144 valence electrons. The molecule has 4 rings (SSSR count). The second kappa shape index (κ2) is 7.27. The lowest BCUT2D eigenvalue weighted by Crippen LogP contribution is -2.36. The lowest BCUT2D eigenvalue weighted by Gasteiger charge is -2.17. The molecular weight excluding hydrogens is 348 g/mol. The van der Waals surface area contributed by atoms with E-state index in [0.717, 1.165) is 29.7 Å². The number of hydrogen-bond acceptors (Lipinski definition) is 3. The molecule has 1 aliphatic rings. The van der Waals surface area contributed by atoms with E-state index in [0.29, 0.717) is 18.9 Å². The molecule has 1 heterocycles. The first-order chi connectivity index (χ1) is 13.5. The second-order valence-electron chi connectivity index (χ2n) is 7.97. The molecule has 0 bridgehead atoms. The third-order valence-corrected chi connectivity index (χ3v) is 5.48. The first kappa shape index (κ1) is 18.5. The fourth-order valence-corrected chi connectivity index (χ4v) is 3.75. The van der Waals surface area contributed by atoms with E-state index in [9.17, 15) is 4.79 Å². The van der Waals surface area contributed by atoms with Gasteiger partial charge in [0.25, 0.3) is 0 Å². The smallest absolute Gasteiger partial charge is 0.230 e. The molecular formula is C24H26N2O2. The van der Waals surface area contributed by atoms with Crippen molar-refractivity contribution in [2.24, 2.45) is 0 Å². The zero-order chi connectivity index (χ0) is 19.7. The van der Waals surface area contributed by atoms with Crippen LogP contribution in [-0.2, 0) is 16.6 Å². The summed E-state index contributed by atoms with van der Waals surface area (Å²) in [6.45, 7) is 6.78. The summed E-state index contributed by atoms with van der Waals surface area (Å²) >= 11 is 0. The summed E-state index contributed by atoms with van der Waals surface area (Å²) in [5, 5.41) is 3.11. The lowest BCUT2D eigenvalue weighted by molar-refractivity contribution is -0.123. The topological polar surface area (TPSA) is 55.1 Å². The predicted octanol–water partition coefficient (Wildman–Crippen LogP) is 4.66. The summed E-state index contributed by atoms with van der Waals surface area (Å²) in [5.74, 6) is 0.745. The molecule has 1 aromatic heterocycles. The molecule has 1 aliphatic carbocycles. The van der Waals surface area contributed by atoms with Crippen molar-refractivity contribution in [3.63, 3.8) is 0 Å². The molecule has 0 radical (unpaired) electrons. The maximum atomic E-state index is 12.8. The SMILES string of the molecule is Cc1ccc(-c2nc(CCNC(=O)C3(c4cc(C)cc(C)c4)CC3)co2)cc1. The van der Waals surface area contributed by atoms with Crippen LogP contribution in [0.2, 0.25) is 0 Å². The second-order valence-corrected chi connectivity index (χ2v) is 7.97. The van der Waals surface area contributed by atoms with Gasteiger partial charge in [-0.05, 0) is 51.3 Å². The van der Waals surface area contributed by atoms with Crippen LogP contribution in [0.3, 0.4) is 0 Å². The Kier molecular flexibility index (Phi) is 4.80.